The second kappa shape index (κ2) is 9.69. The summed E-state index contributed by atoms with van der Waals surface area (Å²) in [5.74, 6) is 1.59. The zero-order valence-corrected chi connectivity index (χ0v) is 21.1. The van der Waals surface area contributed by atoms with Gasteiger partial charge in [0.2, 0.25) is 0 Å². The van der Waals surface area contributed by atoms with Gasteiger partial charge < -0.3 is 4.42 Å². The number of aryl methyl sites for hydroxylation is 1. The Morgan fingerprint density at radius 3 is 2.59 bits per heavy atom. The fourth-order valence-electron chi connectivity index (χ4n) is 3.21. The molecule has 0 bridgehead atoms. The maximum Gasteiger partial charge on any atom is 0.266 e. The van der Waals surface area contributed by atoms with Crippen LogP contribution in [0.3, 0.4) is 0 Å². The van der Waals surface area contributed by atoms with E-state index in [1.807, 2.05) is 61.5 Å². The fraction of sp³-hybridized carbons (Fsp3) is 0.200. The molecule has 32 heavy (non-hydrogen) atoms. The highest BCUT2D eigenvalue weighted by atomic mass is 79.9. The van der Waals surface area contributed by atoms with Crippen LogP contribution in [0.4, 0.5) is 5.69 Å². The zero-order valence-electron chi connectivity index (χ0n) is 17.9. The van der Waals surface area contributed by atoms with Gasteiger partial charge in [0.15, 0.2) is 5.17 Å². The predicted molar refractivity (Wildman–Crippen MR) is 137 cm³/mol. The minimum absolute atomic E-state index is 0.0539. The van der Waals surface area contributed by atoms with Gasteiger partial charge in [0.1, 0.15) is 11.5 Å². The van der Waals surface area contributed by atoms with E-state index in [2.05, 4.69) is 29.8 Å². The molecule has 0 saturated carbocycles. The van der Waals surface area contributed by atoms with Crippen LogP contribution in [0.2, 0.25) is 5.02 Å². The van der Waals surface area contributed by atoms with Crippen molar-refractivity contribution in [2.24, 2.45) is 10.9 Å². The molecule has 2 heterocycles. The van der Waals surface area contributed by atoms with E-state index < -0.39 is 0 Å². The fourth-order valence-corrected chi connectivity index (χ4v) is 4.70. The number of halogens is 2. The third kappa shape index (κ3) is 5.20. The Morgan fingerprint density at radius 2 is 1.91 bits per heavy atom. The summed E-state index contributed by atoms with van der Waals surface area (Å²) in [6, 6.07) is 17.3. The molecule has 1 aliphatic heterocycles. The number of furan rings is 1. The summed E-state index contributed by atoms with van der Waals surface area (Å²) in [6.45, 7) is 6.82. The van der Waals surface area contributed by atoms with Gasteiger partial charge in [-0.2, -0.15) is 0 Å². The number of carbonyl (C=O) groups excluding carboxylic acids is 1. The molecule has 0 unspecified atom stereocenters. The largest absolute Gasteiger partial charge is 0.457 e. The van der Waals surface area contributed by atoms with Crippen LogP contribution in [0, 0.1) is 12.8 Å². The molecule has 0 atom stereocenters. The van der Waals surface area contributed by atoms with Crippen LogP contribution in [-0.2, 0) is 4.79 Å². The van der Waals surface area contributed by atoms with Crippen LogP contribution in [0.1, 0.15) is 25.2 Å². The number of aliphatic imine (C=N–C) groups is 1. The molecule has 0 N–H and O–H groups in total. The van der Waals surface area contributed by atoms with Crippen molar-refractivity contribution in [2.75, 3.05) is 6.54 Å². The van der Waals surface area contributed by atoms with Gasteiger partial charge in [-0.1, -0.05) is 43.1 Å². The summed E-state index contributed by atoms with van der Waals surface area (Å²) in [5.41, 5.74) is 2.90. The SMILES string of the molecule is Cc1ccc(N=C2S/C(=C/c3ccc(-c4ccc(Cl)c(Br)c4)o3)C(=O)N2CC(C)C)cc1. The second-order valence-electron chi connectivity index (χ2n) is 7.98. The van der Waals surface area contributed by atoms with Gasteiger partial charge >= 0.3 is 0 Å². The smallest absolute Gasteiger partial charge is 0.266 e. The predicted octanol–water partition coefficient (Wildman–Crippen LogP) is 7.93. The minimum Gasteiger partial charge on any atom is -0.457 e. The average molecular weight is 530 g/mol. The van der Waals surface area contributed by atoms with E-state index >= 15 is 0 Å². The van der Waals surface area contributed by atoms with Gasteiger partial charge in [-0.05, 0) is 83.0 Å². The van der Waals surface area contributed by atoms with Crippen molar-refractivity contribution < 1.29 is 9.21 Å². The van der Waals surface area contributed by atoms with E-state index in [-0.39, 0.29) is 5.91 Å². The van der Waals surface area contributed by atoms with Crippen molar-refractivity contribution in [1.29, 1.82) is 0 Å². The molecular weight excluding hydrogens is 508 g/mol. The van der Waals surface area contributed by atoms with Crippen LogP contribution in [0.15, 0.2) is 73.4 Å². The third-order valence-corrected chi connectivity index (χ3v) is 7.02. The van der Waals surface area contributed by atoms with Gasteiger partial charge in [-0.15, -0.1) is 0 Å². The van der Waals surface area contributed by atoms with Crippen molar-refractivity contribution in [2.45, 2.75) is 20.8 Å². The molecule has 0 aliphatic carbocycles. The molecule has 0 spiro atoms. The first kappa shape index (κ1) is 22.9. The monoisotopic (exact) mass is 528 g/mol. The lowest BCUT2D eigenvalue weighted by Gasteiger charge is -2.17. The molecule has 0 radical (unpaired) electrons. The lowest BCUT2D eigenvalue weighted by Crippen LogP contribution is -2.32. The number of hydrogen-bond donors (Lipinski definition) is 0. The van der Waals surface area contributed by atoms with E-state index in [1.54, 1.807) is 11.0 Å². The Morgan fingerprint density at radius 1 is 1.16 bits per heavy atom. The van der Waals surface area contributed by atoms with E-state index in [0.29, 0.717) is 39.1 Å². The highest BCUT2D eigenvalue weighted by Gasteiger charge is 2.34. The number of amidine groups is 1. The quantitative estimate of drug-likeness (QED) is 0.315. The van der Waals surface area contributed by atoms with Gasteiger partial charge in [0, 0.05) is 22.7 Å². The van der Waals surface area contributed by atoms with Crippen LogP contribution >= 0.6 is 39.3 Å². The number of amides is 1. The number of thioether (sulfide) groups is 1. The summed E-state index contributed by atoms with van der Waals surface area (Å²) in [4.78, 5) is 20.2. The number of benzene rings is 2. The molecule has 1 aromatic heterocycles. The molecule has 1 saturated heterocycles. The molecule has 2 aromatic carbocycles. The van der Waals surface area contributed by atoms with Crippen molar-refractivity contribution >= 4 is 62.1 Å². The van der Waals surface area contributed by atoms with E-state index in [0.717, 1.165) is 15.7 Å². The number of carbonyl (C=O) groups is 1. The van der Waals surface area contributed by atoms with Crippen LogP contribution < -0.4 is 0 Å². The molecule has 3 aromatic rings. The molecular formula is C25H22BrClN2O2S. The summed E-state index contributed by atoms with van der Waals surface area (Å²) in [6.07, 6.45) is 1.78. The average Bonchev–Trinajstić information content (AvgIpc) is 3.32. The Labute approximate surface area is 205 Å². The molecule has 1 fully saturated rings. The molecule has 4 nitrogen and oxygen atoms in total. The molecule has 164 valence electrons. The van der Waals surface area contributed by atoms with Gasteiger partial charge in [-0.25, -0.2) is 4.99 Å². The lowest BCUT2D eigenvalue weighted by molar-refractivity contribution is -0.122. The normalized spacial score (nSPS) is 16.7. The van der Waals surface area contributed by atoms with Crippen molar-refractivity contribution in [3.8, 4) is 11.3 Å². The lowest BCUT2D eigenvalue weighted by atomic mass is 10.2. The van der Waals surface area contributed by atoms with Crippen LogP contribution in [-0.4, -0.2) is 22.5 Å². The topological polar surface area (TPSA) is 45.8 Å². The Hall–Kier alpha value is -2.28. The standard InChI is InChI=1S/C25H22BrClN2O2S/c1-15(2)14-29-24(30)23(32-25(29)28-18-7-4-16(3)5-8-18)13-19-9-11-22(31-19)17-6-10-21(27)20(26)12-17/h4-13,15H,14H2,1-3H3/b23-13+,28-25?. The van der Waals surface area contributed by atoms with Crippen LogP contribution in [0.25, 0.3) is 17.4 Å². The Kier molecular flexibility index (Phi) is 6.93. The molecule has 1 amide bonds. The molecule has 1 aliphatic rings. The Balaban J connectivity index is 1.63. The number of hydrogen-bond acceptors (Lipinski definition) is 4. The number of rotatable bonds is 5. The first-order valence-corrected chi connectivity index (χ1v) is 12.2. The highest BCUT2D eigenvalue weighted by Crippen LogP contribution is 2.36. The second-order valence-corrected chi connectivity index (χ2v) is 10.3. The maximum atomic E-state index is 13.2. The summed E-state index contributed by atoms with van der Waals surface area (Å²) < 4.78 is 6.80. The van der Waals surface area contributed by atoms with Crippen molar-refractivity contribution in [3.05, 3.63) is 80.3 Å². The first-order chi connectivity index (χ1) is 15.3. The van der Waals surface area contributed by atoms with Gasteiger partial charge in [0.05, 0.1) is 15.6 Å². The molecule has 4 rings (SSSR count). The summed E-state index contributed by atoms with van der Waals surface area (Å²) in [7, 11) is 0. The van der Waals surface area contributed by atoms with E-state index in [1.165, 1.54) is 17.3 Å². The van der Waals surface area contributed by atoms with Crippen molar-refractivity contribution in [1.82, 2.24) is 4.90 Å². The van der Waals surface area contributed by atoms with Gasteiger partial charge in [-0.3, -0.25) is 9.69 Å². The zero-order chi connectivity index (χ0) is 22.8. The summed E-state index contributed by atoms with van der Waals surface area (Å²) in [5, 5.41) is 1.33. The van der Waals surface area contributed by atoms with E-state index in [9.17, 15) is 4.79 Å². The van der Waals surface area contributed by atoms with E-state index in [4.69, 9.17) is 21.0 Å². The van der Waals surface area contributed by atoms with Crippen molar-refractivity contribution in [3.63, 3.8) is 0 Å². The van der Waals surface area contributed by atoms with Gasteiger partial charge in [0.25, 0.3) is 5.91 Å². The minimum atomic E-state index is -0.0539. The highest BCUT2D eigenvalue weighted by molar-refractivity contribution is 9.10. The third-order valence-electron chi connectivity index (χ3n) is 4.80. The summed E-state index contributed by atoms with van der Waals surface area (Å²) >= 11 is 10.9. The maximum absolute atomic E-state index is 13.2. The number of nitrogens with zero attached hydrogens (tertiary/aromatic N) is 2. The van der Waals surface area contributed by atoms with Crippen LogP contribution in [0.5, 0.6) is 0 Å². The Bertz CT molecular complexity index is 1210. The first-order valence-electron chi connectivity index (χ1n) is 10.2. The molecule has 7 heteroatoms.